The molecule has 1 heterocycles. The maximum absolute atomic E-state index is 11.8. The van der Waals surface area contributed by atoms with E-state index < -0.39 is 0 Å². The molecule has 0 aromatic carbocycles. The Kier molecular flexibility index (Phi) is 3.52. The minimum absolute atomic E-state index is 0.0567. The first-order valence-electron chi connectivity index (χ1n) is 6.17. The van der Waals surface area contributed by atoms with E-state index in [1.54, 1.807) is 6.26 Å². The van der Waals surface area contributed by atoms with Crippen molar-refractivity contribution in [3.05, 3.63) is 24.2 Å². The number of aryl methyl sites for hydroxylation is 1. The lowest BCUT2D eigenvalue weighted by Gasteiger charge is -2.29. The first-order chi connectivity index (χ1) is 8.14. The van der Waals surface area contributed by atoms with E-state index in [0.717, 1.165) is 5.76 Å². The second-order valence-electron chi connectivity index (χ2n) is 5.02. The molecule has 1 aliphatic rings. The van der Waals surface area contributed by atoms with Crippen LogP contribution in [0.3, 0.4) is 0 Å². The van der Waals surface area contributed by atoms with Crippen LogP contribution in [0, 0.1) is 5.92 Å². The van der Waals surface area contributed by atoms with Crippen LogP contribution in [0.15, 0.2) is 22.8 Å². The number of carbonyl (C=O) groups excluding carboxylic acids is 1. The summed E-state index contributed by atoms with van der Waals surface area (Å²) in [6.45, 7) is 2.54. The summed E-state index contributed by atoms with van der Waals surface area (Å²) in [5.41, 5.74) is 5.53. The zero-order valence-corrected chi connectivity index (χ0v) is 10.2. The highest BCUT2D eigenvalue weighted by Gasteiger charge is 2.41. The van der Waals surface area contributed by atoms with Gasteiger partial charge in [0, 0.05) is 19.4 Å². The SMILES string of the molecule is CC(CN)(NC(=O)CCc1ccco1)C1CC1. The molecular formula is C13H20N2O2. The topological polar surface area (TPSA) is 68.3 Å². The minimum atomic E-state index is -0.222. The number of rotatable bonds is 6. The van der Waals surface area contributed by atoms with Crippen LogP contribution in [-0.4, -0.2) is 18.0 Å². The van der Waals surface area contributed by atoms with Gasteiger partial charge in [-0.3, -0.25) is 4.79 Å². The molecule has 0 saturated heterocycles. The lowest BCUT2D eigenvalue weighted by molar-refractivity contribution is -0.123. The van der Waals surface area contributed by atoms with Gasteiger partial charge in [-0.15, -0.1) is 0 Å². The van der Waals surface area contributed by atoms with Crippen molar-refractivity contribution in [2.24, 2.45) is 11.7 Å². The zero-order chi connectivity index (χ0) is 12.3. The molecule has 17 heavy (non-hydrogen) atoms. The monoisotopic (exact) mass is 236 g/mol. The van der Waals surface area contributed by atoms with Gasteiger partial charge in [0.1, 0.15) is 5.76 Å². The van der Waals surface area contributed by atoms with Crippen LogP contribution in [0.4, 0.5) is 0 Å². The zero-order valence-electron chi connectivity index (χ0n) is 10.2. The van der Waals surface area contributed by atoms with Crippen LogP contribution >= 0.6 is 0 Å². The molecule has 1 saturated carbocycles. The summed E-state index contributed by atoms with van der Waals surface area (Å²) in [4.78, 5) is 11.8. The highest BCUT2D eigenvalue weighted by molar-refractivity contribution is 5.77. The molecule has 1 atom stereocenters. The van der Waals surface area contributed by atoms with E-state index in [0.29, 0.717) is 25.3 Å². The van der Waals surface area contributed by atoms with Gasteiger partial charge in [-0.1, -0.05) is 0 Å². The first kappa shape index (κ1) is 12.2. The molecule has 0 radical (unpaired) electrons. The summed E-state index contributed by atoms with van der Waals surface area (Å²) in [7, 11) is 0. The third kappa shape index (κ3) is 3.09. The Morgan fingerprint density at radius 1 is 1.65 bits per heavy atom. The first-order valence-corrected chi connectivity index (χ1v) is 6.17. The highest BCUT2D eigenvalue weighted by Crippen LogP contribution is 2.38. The molecule has 1 amide bonds. The lowest BCUT2D eigenvalue weighted by atomic mass is 9.95. The maximum atomic E-state index is 11.8. The van der Waals surface area contributed by atoms with E-state index in [4.69, 9.17) is 10.2 Å². The second-order valence-corrected chi connectivity index (χ2v) is 5.02. The quantitative estimate of drug-likeness (QED) is 0.785. The van der Waals surface area contributed by atoms with Crippen LogP contribution in [0.1, 0.15) is 31.9 Å². The Bertz CT molecular complexity index is 371. The van der Waals surface area contributed by atoms with Crippen molar-refractivity contribution in [3.63, 3.8) is 0 Å². The van der Waals surface area contributed by atoms with Crippen molar-refractivity contribution in [1.82, 2.24) is 5.32 Å². The van der Waals surface area contributed by atoms with Crippen LogP contribution in [0.5, 0.6) is 0 Å². The fraction of sp³-hybridized carbons (Fsp3) is 0.615. The third-order valence-corrected chi connectivity index (χ3v) is 3.51. The molecule has 1 aliphatic carbocycles. The number of furan rings is 1. The summed E-state index contributed by atoms with van der Waals surface area (Å²) in [6.07, 6.45) is 5.07. The van der Waals surface area contributed by atoms with Crippen molar-refractivity contribution >= 4 is 5.91 Å². The number of hydrogen-bond donors (Lipinski definition) is 2. The molecular weight excluding hydrogens is 216 g/mol. The summed E-state index contributed by atoms with van der Waals surface area (Å²) in [5.74, 6) is 1.46. The third-order valence-electron chi connectivity index (χ3n) is 3.51. The molecule has 0 aliphatic heterocycles. The molecule has 4 nitrogen and oxygen atoms in total. The molecule has 94 valence electrons. The van der Waals surface area contributed by atoms with Gasteiger partial charge in [-0.05, 0) is 37.8 Å². The van der Waals surface area contributed by atoms with E-state index in [9.17, 15) is 4.79 Å². The predicted molar refractivity (Wildman–Crippen MR) is 65.4 cm³/mol. The summed E-state index contributed by atoms with van der Waals surface area (Å²) < 4.78 is 5.20. The Morgan fingerprint density at radius 3 is 2.94 bits per heavy atom. The van der Waals surface area contributed by atoms with Gasteiger partial charge in [0.25, 0.3) is 0 Å². The van der Waals surface area contributed by atoms with E-state index in [2.05, 4.69) is 5.32 Å². The van der Waals surface area contributed by atoms with Crippen LogP contribution in [0.25, 0.3) is 0 Å². The highest BCUT2D eigenvalue weighted by atomic mass is 16.3. The van der Waals surface area contributed by atoms with E-state index >= 15 is 0 Å². The molecule has 1 fully saturated rings. The van der Waals surface area contributed by atoms with Crippen LogP contribution in [-0.2, 0) is 11.2 Å². The molecule has 0 bridgehead atoms. The van der Waals surface area contributed by atoms with Crippen molar-refractivity contribution in [2.45, 2.75) is 38.1 Å². The molecule has 3 N–H and O–H groups in total. The average molecular weight is 236 g/mol. The summed E-state index contributed by atoms with van der Waals surface area (Å²) in [5, 5.41) is 3.06. The Balaban J connectivity index is 1.80. The maximum Gasteiger partial charge on any atom is 0.220 e. The van der Waals surface area contributed by atoms with Crippen LogP contribution in [0.2, 0.25) is 0 Å². The van der Waals surface area contributed by atoms with Crippen molar-refractivity contribution < 1.29 is 9.21 Å². The number of amides is 1. The van der Waals surface area contributed by atoms with Gasteiger partial charge < -0.3 is 15.5 Å². The molecule has 2 rings (SSSR count). The number of nitrogens with one attached hydrogen (secondary N) is 1. The molecule has 1 unspecified atom stereocenters. The minimum Gasteiger partial charge on any atom is -0.469 e. The van der Waals surface area contributed by atoms with Gasteiger partial charge in [0.05, 0.1) is 11.8 Å². The summed E-state index contributed by atoms with van der Waals surface area (Å²) >= 11 is 0. The van der Waals surface area contributed by atoms with Gasteiger partial charge in [-0.2, -0.15) is 0 Å². The average Bonchev–Trinajstić information content (AvgIpc) is 3.05. The largest absolute Gasteiger partial charge is 0.469 e. The fourth-order valence-electron chi connectivity index (χ4n) is 2.11. The second kappa shape index (κ2) is 4.92. The van der Waals surface area contributed by atoms with Crippen molar-refractivity contribution in [3.8, 4) is 0 Å². The summed E-state index contributed by atoms with van der Waals surface area (Å²) in [6, 6.07) is 3.72. The van der Waals surface area contributed by atoms with E-state index in [1.165, 1.54) is 12.8 Å². The van der Waals surface area contributed by atoms with Gasteiger partial charge >= 0.3 is 0 Å². The van der Waals surface area contributed by atoms with E-state index in [-0.39, 0.29) is 11.4 Å². The van der Waals surface area contributed by atoms with Gasteiger partial charge in [0.15, 0.2) is 0 Å². The van der Waals surface area contributed by atoms with Gasteiger partial charge in [-0.25, -0.2) is 0 Å². The predicted octanol–water partition coefficient (Wildman–Crippen LogP) is 1.46. The fourth-order valence-corrected chi connectivity index (χ4v) is 2.11. The Morgan fingerprint density at radius 2 is 2.41 bits per heavy atom. The van der Waals surface area contributed by atoms with Gasteiger partial charge in [0.2, 0.25) is 5.91 Å². The normalized spacial score (nSPS) is 18.7. The Hall–Kier alpha value is -1.29. The van der Waals surface area contributed by atoms with Crippen molar-refractivity contribution in [1.29, 1.82) is 0 Å². The van der Waals surface area contributed by atoms with Crippen LogP contribution < -0.4 is 11.1 Å². The van der Waals surface area contributed by atoms with E-state index in [1.807, 2.05) is 19.1 Å². The smallest absolute Gasteiger partial charge is 0.220 e. The standard InChI is InChI=1S/C13H20N2O2/c1-13(9-14,10-4-5-10)15-12(16)7-6-11-3-2-8-17-11/h2-3,8,10H,4-7,9,14H2,1H3,(H,15,16). The number of carbonyl (C=O) groups is 1. The Labute approximate surface area is 102 Å². The molecule has 1 aromatic rings. The molecule has 0 spiro atoms. The molecule has 4 heteroatoms. The lowest BCUT2D eigenvalue weighted by Crippen LogP contribution is -2.53. The number of hydrogen-bond acceptors (Lipinski definition) is 3. The van der Waals surface area contributed by atoms with Crippen molar-refractivity contribution in [2.75, 3.05) is 6.54 Å². The number of nitrogens with two attached hydrogens (primary N) is 1. The molecule has 1 aromatic heterocycles.